The van der Waals surface area contributed by atoms with Crippen molar-refractivity contribution in [2.24, 2.45) is 5.92 Å². The fourth-order valence-electron chi connectivity index (χ4n) is 3.74. The molecule has 0 unspecified atom stereocenters. The zero-order valence-corrected chi connectivity index (χ0v) is 17.5. The quantitative estimate of drug-likeness (QED) is 0.779. The molecule has 0 aromatic heterocycles. The van der Waals surface area contributed by atoms with Crippen LogP contribution in [-0.4, -0.2) is 25.8 Å². The van der Waals surface area contributed by atoms with Gasteiger partial charge in [-0.05, 0) is 75.3 Å². The van der Waals surface area contributed by atoms with Gasteiger partial charge < -0.3 is 5.32 Å². The number of sulfonamides is 1. The molecule has 0 spiro atoms. The molecule has 3 rings (SSSR count). The van der Waals surface area contributed by atoms with Gasteiger partial charge in [0, 0.05) is 12.6 Å². The van der Waals surface area contributed by atoms with Gasteiger partial charge in [0.2, 0.25) is 10.0 Å². The summed E-state index contributed by atoms with van der Waals surface area (Å²) in [5.41, 5.74) is 1.33. The van der Waals surface area contributed by atoms with Crippen LogP contribution in [0.5, 0.6) is 0 Å². The third-order valence-corrected chi connectivity index (χ3v) is 7.86. The van der Waals surface area contributed by atoms with Gasteiger partial charge in [0.15, 0.2) is 0 Å². The van der Waals surface area contributed by atoms with Gasteiger partial charge >= 0.3 is 0 Å². The molecule has 1 fully saturated rings. The lowest BCUT2D eigenvalue weighted by Crippen LogP contribution is -2.46. The Labute approximate surface area is 163 Å². The van der Waals surface area contributed by atoms with Crippen LogP contribution in [0.1, 0.15) is 52.0 Å². The summed E-state index contributed by atoms with van der Waals surface area (Å²) in [7, 11) is -3.25. The SMILES string of the molecule is CC(C)(C)S(=O)(=O)N[C@H]1CC[C@H](CNCc2cccc3ccccc23)CC1. The normalized spacial score (nSPS) is 21.4. The van der Waals surface area contributed by atoms with Crippen molar-refractivity contribution >= 4 is 20.8 Å². The number of hydrogen-bond acceptors (Lipinski definition) is 3. The minimum atomic E-state index is -3.25. The second-order valence-corrected chi connectivity index (χ2v) is 11.2. The van der Waals surface area contributed by atoms with E-state index < -0.39 is 14.8 Å². The lowest BCUT2D eigenvalue weighted by Gasteiger charge is -2.31. The van der Waals surface area contributed by atoms with Crippen LogP contribution in [0.4, 0.5) is 0 Å². The molecule has 148 valence electrons. The summed E-state index contributed by atoms with van der Waals surface area (Å²) in [4.78, 5) is 0. The number of fused-ring (bicyclic) bond motifs is 1. The van der Waals surface area contributed by atoms with E-state index in [-0.39, 0.29) is 6.04 Å². The minimum Gasteiger partial charge on any atom is -0.312 e. The van der Waals surface area contributed by atoms with E-state index in [0.29, 0.717) is 5.92 Å². The van der Waals surface area contributed by atoms with E-state index in [1.807, 2.05) is 0 Å². The lowest BCUT2D eigenvalue weighted by molar-refractivity contribution is 0.301. The Kier molecular flexibility index (Phi) is 6.24. The second-order valence-electron chi connectivity index (χ2n) is 8.72. The Morgan fingerprint density at radius 1 is 0.963 bits per heavy atom. The van der Waals surface area contributed by atoms with Gasteiger partial charge in [0.05, 0.1) is 4.75 Å². The zero-order valence-electron chi connectivity index (χ0n) is 16.7. The summed E-state index contributed by atoms with van der Waals surface area (Å²) < 4.78 is 26.8. The maximum atomic E-state index is 12.3. The molecule has 0 atom stereocenters. The van der Waals surface area contributed by atoms with Crippen molar-refractivity contribution in [3.05, 3.63) is 48.0 Å². The summed E-state index contributed by atoms with van der Waals surface area (Å²) in [6.45, 7) is 7.11. The molecule has 27 heavy (non-hydrogen) atoms. The third kappa shape index (κ3) is 5.09. The predicted molar refractivity (Wildman–Crippen MR) is 113 cm³/mol. The van der Waals surface area contributed by atoms with Crippen molar-refractivity contribution in [1.82, 2.24) is 10.0 Å². The van der Waals surface area contributed by atoms with E-state index in [1.165, 1.54) is 16.3 Å². The van der Waals surface area contributed by atoms with Crippen molar-refractivity contribution in [1.29, 1.82) is 0 Å². The maximum absolute atomic E-state index is 12.3. The predicted octanol–water partition coefficient (Wildman–Crippen LogP) is 4.21. The second kappa shape index (κ2) is 8.29. The molecule has 0 radical (unpaired) electrons. The van der Waals surface area contributed by atoms with Gasteiger partial charge in [0.1, 0.15) is 0 Å². The molecule has 1 saturated carbocycles. The van der Waals surface area contributed by atoms with E-state index in [2.05, 4.69) is 52.5 Å². The molecule has 5 heteroatoms. The molecule has 2 aromatic carbocycles. The molecule has 0 amide bonds. The average molecular weight is 389 g/mol. The van der Waals surface area contributed by atoms with Crippen LogP contribution in [0, 0.1) is 5.92 Å². The first-order valence-electron chi connectivity index (χ1n) is 9.95. The monoisotopic (exact) mass is 388 g/mol. The van der Waals surface area contributed by atoms with E-state index in [9.17, 15) is 8.42 Å². The van der Waals surface area contributed by atoms with Gasteiger partial charge in [-0.15, -0.1) is 0 Å². The van der Waals surface area contributed by atoms with Gasteiger partial charge in [-0.2, -0.15) is 0 Å². The number of nitrogens with one attached hydrogen (secondary N) is 2. The van der Waals surface area contributed by atoms with Crippen LogP contribution in [0.2, 0.25) is 0 Å². The van der Waals surface area contributed by atoms with E-state index in [0.717, 1.165) is 38.8 Å². The summed E-state index contributed by atoms with van der Waals surface area (Å²) >= 11 is 0. The van der Waals surface area contributed by atoms with Gasteiger partial charge in [-0.25, -0.2) is 13.1 Å². The molecule has 0 saturated heterocycles. The van der Waals surface area contributed by atoms with Crippen LogP contribution in [-0.2, 0) is 16.6 Å². The van der Waals surface area contributed by atoms with E-state index >= 15 is 0 Å². The first-order chi connectivity index (χ1) is 12.8. The van der Waals surface area contributed by atoms with Crippen molar-refractivity contribution in [3.63, 3.8) is 0 Å². The van der Waals surface area contributed by atoms with Crippen molar-refractivity contribution in [3.8, 4) is 0 Å². The molecule has 2 N–H and O–H groups in total. The van der Waals surface area contributed by atoms with Crippen LogP contribution < -0.4 is 10.0 Å². The number of rotatable bonds is 6. The number of hydrogen-bond donors (Lipinski definition) is 2. The van der Waals surface area contributed by atoms with Gasteiger partial charge in [-0.3, -0.25) is 0 Å². The van der Waals surface area contributed by atoms with Gasteiger partial charge in [-0.1, -0.05) is 42.5 Å². The average Bonchev–Trinajstić information content (AvgIpc) is 2.62. The van der Waals surface area contributed by atoms with E-state index in [4.69, 9.17) is 0 Å². The Hall–Kier alpha value is -1.43. The molecule has 1 aliphatic rings. The van der Waals surface area contributed by atoms with E-state index in [1.54, 1.807) is 20.8 Å². The minimum absolute atomic E-state index is 0.0866. The van der Waals surface area contributed by atoms with Crippen LogP contribution in [0.15, 0.2) is 42.5 Å². The summed E-state index contributed by atoms with van der Waals surface area (Å²) in [6.07, 6.45) is 3.99. The molecular formula is C22H32N2O2S. The summed E-state index contributed by atoms with van der Waals surface area (Å²) in [5, 5.41) is 6.21. The first kappa shape index (κ1) is 20.3. The highest BCUT2D eigenvalue weighted by atomic mass is 32.2. The highest BCUT2D eigenvalue weighted by Crippen LogP contribution is 2.26. The number of benzene rings is 2. The smallest absolute Gasteiger partial charge is 0.216 e. The first-order valence-corrected chi connectivity index (χ1v) is 11.4. The van der Waals surface area contributed by atoms with Crippen molar-refractivity contribution in [2.45, 2.75) is 63.8 Å². The fourth-order valence-corrected chi connectivity index (χ4v) is 4.77. The Balaban J connectivity index is 1.46. The lowest BCUT2D eigenvalue weighted by atomic mass is 9.86. The Bertz CT molecular complexity index is 858. The molecule has 1 aliphatic carbocycles. The third-order valence-electron chi connectivity index (χ3n) is 5.60. The highest BCUT2D eigenvalue weighted by Gasteiger charge is 2.32. The van der Waals surface area contributed by atoms with Gasteiger partial charge in [0.25, 0.3) is 0 Å². The largest absolute Gasteiger partial charge is 0.312 e. The Morgan fingerprint density at radius 3 is 2.33 bits per heavy atom. The molecule has 0 bridgehead atoms. The summed E-state index contributed by atoms with van der Waals surface area (Å²) in [6, 6.07) is 15.0. The molecule has 4 nitrogen and oxygen atoms in total. The van der Waals surface area contributed by atoms with Crippen LogP contribution >= 0.6 is 0 Å². The topological polar surface area (TPSA) is 58.2 Å². The van der Waals surface area contributed by atoms with Crippen LogP contribution in [0.25, 0.3) is 10.8 Å². The Morgan fingerprint density at radius 2 is 1.63 bits per heavy atom. The fraction of sp³-hybridized carbons (Fsp3) is 0.545. The van der Waals surface area contributed by atoms with Crippen molar-refractivity contribution in [2.75, 3.05) is 6.54 Å². The molecule has 2 aromatic rings. The van der Waals surface area contributed by atoms with Crippen molar-refractivity contribution < 1.29 is 8.42 Å². The highest BCUT2D eigenvalue weighted by molar-refractivity contribution is 7.90. The summed E-state index contributed by atoms with van der Waals surface area (Å²) in [5.74, 6) is 0.621. The van der Waals surface area contributed by atoms with Crippen LogP contribution in [0.3, 0.4) is 0 Å². The zero-order chi connectivity index (χ0) is 19.5. The molecule has 0 heterocycles. The molecule has 0 aliphatic heterocycles. The standard InChI is InChI=1S/C22H32N2O2S/c1-22(2,3)27(25,26)24-20-13-11-17(12-14-20)15-23-16-19-9-6-8-18-7-4-5-10-21(18)19/h4-10,17,20,23-24H,11-16H2,1-3H3/t17-,20-. The molecular weight excluding hydrogens is 356 g/mol. The maximum Gasteiger partial charge on any atom is 0.216 e.